The number of hydrogen-bond acceptors (Lipinski definition) is 7. The number of allylic oxidation sites excluding steroid dienone is 1. The molecule has 3 saturated heterocycles. The molecule has 2 bridgehead atoms. The summed E-state index contributed by atoms with van der Waals surface area (Å²) in [6, 6.07) is 15.8. The summed E-state index contributed by atoms with van der Waals surface area (Å²) in [6.45, 7) is 7.40. The maximum absolute atomic E-state index is 15.1. The Bertz CT molecular complexity index is 1580. The van der Waals surface area contributed by atoms with E-state index in [-0.39, 0.29) is 29.8 Å². The number of aliphatic hydroxyl groups excluding tert-OH is 1. The van der Waals surface area contributed by atoms with Crippen molar-refractivity contribution in [3.8, 4) is 0 Å². The Hall–Kier alpha value is -3.80. The summed E-state index contributed by atoms with van der Waals surface area (Å²) in [5.74, 6) is -3.41. The van der Waals surface area contributed by atoms with Crippen molar-refractivity contribution in [2.45, 2.75) is 92.1 Å². The summed E-state index contributed by atoms with van der Waals surface area (Å²) in [5, 5.41) is 14.0. The number of nitrogens with zero attached hydrogens (tertiary/aromatic N) is 2. The highest BCUT2D eigenvalue weighted by Crippen LogP contribution is 2.61. The molecule has 4 fully saturated rings. The van der Waals surface area contributed by atoms with Crippen molar-refractivity contribution in [3.05, 3.63) is 97.1 Å². The molecule has 2 aromatic carbocycles. The van der Waals surface area contributed by atoms with Crippen molar-refractivity contribution in [3.63, 3.8) is 0 Å². The summed E-state index contributed by atoms with van der Waals surface area (Å²) < 4.78 is 12.4. The van der Waals surface area contributed by atoms with Crippen molar-refractivity contribution in [1.29, 1.82) is 0 Å². The zero-order valence-corrected chi connectivity index (χ0v) is 30.5. The normalized spacial score (nSPS) is 28.1. The Kier molecular flexibility index (Phi) is 11.8. The molecule has 1 unspecified atom stereocenters. The van der Waals surface area contributed by atoms with Crippen LogP contribution in [0, 0.1) is 11.8 Å². The lowest BCUT2D eigenvalue weighted by atomic mass is 9.70. The number of esters is 1. The third-order valence-electron chi connectivity index (χ3n) is 11.1. The highest BCUT2D eigenvalue weighted by Gasteiger charge is 2.77. The van der Waals surface area contributed by atoms with Crippen molar-refractivity contribution in [1.82, 2.24) is 15.1 Å². The van der Waals surface area contributed by atoms with Crippen molar-refractivity contribution < 1.29 is 33.8 Å². The van der Waals surface area contributed by atoms with Gasteiger partial charge in [-0.2, -0.15) is 0 Å². The maximum atomic E-state index is 15.1. The first-order valence-electron chi connectivity index (χ1n) is 18.1. The fraction of sp³-hybridized carbons (Fsp3) is 0.500. The van der Waals surface area contributed by atoms with E-state index in [9.17, 15) is 19.5 Å². The number of rotatable bonds is 15. The first-order chi connectivity index (χ1) is 24.7. The van der Waals surface area contributed by atoms with Crippen LogP contribution in [-0.4, -0.2) is 87.0 Å². The molecule has 0 radical (unpaired) electrons. The van der Waals surface area contributed by atoms with Crippen LogP contribution in [0.25, 0.3) is 0 Å². The summed E-state index contributed by atoms with van der Waals surface area (Å²) in [4.78, 5) is 60.1. The van der Waals surface area contributed by atoms with Crippen LogP contribution in [-0.2, 0) is 28.7 Å². The molecule has 2 N–H and O–H groups in total. The number of carbonyl (C=O) groups excluding carboxylic acids is 4. The van der Waals surface area contributed by atoms with Crippen LogP contribution >= 0.6 is 15.9 Å². The summed E-state index contributed by atoms with van der Waals surface area (Å²) in [6.07, 6.45) is 8.49. The lowest BCUT2D eigenvalue weighted by Crippen LogP contribution is -2.59. The molecule has 10 nitrogen and oxygen atoms in total. The van der Waals surface area contributed by atoms with Gasteiger partial charge in [-0.05, 0) is 36.8 Å². The molecule has 51 heavy (non-hydrogen) atoms. The number of likely N-dealkylation sites (tertiary alicyclic amines) is 1. The van der Waals surface area contributed by atoms with Gasteiger partial charge in [0.1, 0.15) is 18.2 Å². The topological polar surface area (TPSA) is 125 Å². The quantitative estimate of drug-likeness (QED) is 0.146. The van der Waals surface area contributed by atoms with E-state index in [4.69, 9.17) is 9.47 Å². The number of benzene rings is 2. The van der Waals surface area contributed by atoms with E-state index in [0.29, 0.717) is 24.9 Å². The number of halogens is 1. The second-order valence-electron chi connectivity index (χ2n) is 14.1. The van der Waals surface area contributed by atoms with E-state index in [1.165, 1.54) is 4.90 Å². The number of ether oxygens (including phenoxy) is 2. The van der Waals surface area contributed by atoms with Crippen LogP contribution in [0.1, 0.15) is 74.6 Å². The van der Waals surface area contributed by atoms with Crippen LogP contribution in [0.15, 0.2) is 86.0 Å². The molecular formula is C40H48BrN3O7. The van der Waals surface area contributed by atoms with E-state index < -0.39 is 66.1 Å². The van der Waals surface area contributed by atoms with E-state index in [0.717, 1.165) is 37.7 Å². The SMILES string of the molecule is C=CCCC(=O)OC[C@H](NC(=O)[C@@H]1[C@H]2O[C@@]3(CC2Br)[C@H](C(=O)N(CC=C)C2CCCCC2)N([C@H](CO)c2ccccc2)C(=O)[C@@H]13)c1ccccc1. The van der Waals surface area contributed by atoms with Gasteiger partial charge in [-0.1, -0.05) is 108 Å². The molecule has 6 rings (SSSR count). The Morgan fingerprint density at radius 3 is 2.33 bits per heavy atom. The van der Waals surface area contributed by atoms with Gasteiger partial charge in [0, 0.05) is 23.8 Å². The highest BCUT2D eigenvalue weighted by molar-refractivity contribution is 9.09. The van der Waals surface area contributed by atoms with Crippen LogP contribution in [0.4, 0.5) is 0 Å². The van der Waals surface area contributed by atoms with Gasteiger partial charge in [-0.25, -0.2) is 0 Å². The standard InChI is InChI=1S/C40H48BrN3O7/c1-3-5-21-32(46)50-25-30(26-15-9-6-10-16-26)42-37(47)33-34-38(48)44(31(24-45)27-17-11-7-12-18-27)36(40(34)23-29(41)35(33)51-40)39(49)43(22-4-2)28-19-13-8-14-20-28/h3-4,6-7,9-12,15-18,28-31,33-36,45H,1-2,5,8,13-14,19-25H2,(H,42,47)/t29?,30-,31+,33-,34+,35-,36-,40+/m0/s1. The Morgan fingerprint density at radius 2 is 1.71 bits per heavy atom. The zero-order chi connectivity index (χ0) is 36.1. The minimum absolute atomic E-state index is 0.0146. The smallest absolute Gasteiger partial charge is 0.306 e. The molecule has 11 heteroatoms. The first-order valence-corrected chi connectivity index (χ1v) is 19.0. The van der Waals surface area contributed by atoms with Crippen molar-refractivity contribution in [2.24, 2.45) is 11.8 Å². The van der Waals surface area contributed by atoms with Crippen molar-refractivity contribution in [2.75, 3.05) is 19.8 Å². The molecule has 3 heterocycles. The molecule has 8 atom stereocenters. The number of amides is 3. The van der Waals surface area contributed by atoms with Gasteiger partial charge < -0.3 is 29.7 Å². The predicted molar refractivity (Wildman–Crippen MR) is 195 cm³/mol. The van der Waals surface area contributed by atoms with Gasteiger partial charge in [-0.3, -0.25) is 19.2 Å². The molecule has 0 aromatic heterocycles. The summed E-state index contributed by atoms with van der Waals surface area (Å²) in [7, 11) is 0. The Balaban J connectivity index is 1.37. The molecular weight excluding hydrogens is 714 g/mol. The number of hydrogen-bond donors (Lipinski definition) is 2. The van der Waals surface area contributed by atoms with Crippen molar-refractivity contribution >= 4 is 39.6 Å². The highest BCUT2D eigenvalue weighted by atomic mass is 79.9. The molecule has 3 amide bonds. The van der Waals surface area contributed by atoms with Crippen LogP contribution in [0.5, 0.6) is 0 Å². The van der Waals surface area contributed by atoms with Gasteiger partial charge in [-0.15, -0.1) is 13.2 Å². The number of nitrogens with one attached hydrogen (secondary N) is 1. The average molecular weight is 763 g/mol. The van der Waals surface area contributed by atoms with E-state index in [1.54, 1.807) is 12.2 Å². The molecule has 3 aliphatic heterocycles. The fourth-order valence-corrected chi connectivity index (χ4v) is 9.71. The first kappa shape index (κ1) is 37.0. The molecule has 2 aromatic rings. The van der Waals surface area contributed by atoms with Crippen LogP contribution < -0.4 is 5.32 Å². The Labute approximate surface area is 308 Å². The number of alkyl halides is 1. The van der Waals surface area contributed by atoms with Crippen LogP contribution in [0.2, 0.25) is 0 Å². The monoisotopic (exact) mass is 761 g/mol. The minimum Gasteiger partial charge on any atom is -0.463 e. The van der Waals surface area contributed by atoms with Gasteiger partial charge in [0.15, 0.2) is 0 Å². The molecule has 1 spiro atoms. The number of carbonyl (C=O) groups is 4. The largest absolute Gasteiger partial charge is 0.463 e. The molecule has 1 saturated carbocycles. The second-order valence-corrected chi connectivity index (χ2v) is 15.2. The van der Waals surface area contributed by atoms with Gasteiger partial charge in [0.2, 0.25) is 17.7 Å². The van der Waals surface area contributed by atoms with E-state index >= 15 is 4.79 Å². The van der Waals surface area contributed by atoms with Gasteiger partial charge in [0.25, 0.3) is 0 Å². The molecule has 4 aliphatic rings. The van der Waals surface area contributed by atoms with Crippen LogP contribution in [0.3, 0.4) is 0 Å². The zero-order valence-electron chi connectivity index (χ0n) is 28.9. The third kappa shape index (κ3) is 7.17. The molecule has 1 aliphatic carbocycles. The average Bonchev–Trinajstić information content (AvgIpc) is 3.75. The summed E-state index contributed by atoms with van der Waals surface area (Å²) >= 11 is 3.78. The van der Waals surface area contributed by atoms with E-state index in [1.807, 2.05) is 65.6 Å². The van der Waals surface area contributed by atoms with E-state index in [2.05, 4.69) is 34.4 Å². The summed E-state index contributed by atoms with van der Waals surface area (Å²) in [5.41, 5.74) is 0.106. The predicted octanol–water partition coefficient (Wildman–Crippen LogP) is 5.18. The fourth-order valence-electron chi connectivity index (χ4n) is 8.76. The van der Waals surface area contributed by atoms with Gasteiger partial charge >= 0.3 is 5.97 Å². The Morgan fingerprint density at radius 1 is 1.04 bits per heavy atom. The second kappa shape index (κ2) is 16.3. The molecule has 272 valence electrons. The lowest BCUT2D eigenvalue weighted by molar-refractivity contribution is -0.153. The lowest BCUT2D eigenvalue weighted by Gasteiger charge is -2.42. The maximum Gasteiger partial charge on any atom is 0.306 e. The van der Waals surface area contributed by atoms with Gasteiger partial charge in [0.05, 0.1) is 36.6 Å². The third-order valence-corrected chi connectivity index (χ3v) is 11.9. The minimum atomic E-state index is -1.31. The number of fused-ring (bicyclic) bond motifs is 1. The number of aliphatic hydroxyl groups is 1.